The molecular formula is C25H24N2O2S. The number of carbonyl (C=O) groups excluding carboxylic acids is 1. The standard InChI is InChI=1S/C25H24N2O2S/c1-16(2)17-10-12-18(13-11-17)24(22-9-6-14-30-22)26-25(29)20-15-23(28)27(3)21-8-5-4-7-19(20)21/h4-16,24H,1-3H3,(H,26,29). The van der Waals surface area contributed by atoms with E-state index in [9.17, 15) is 9.59 Å². The quantitative estimate of drug-likeness (QED) is 0.483. The predicted octanol–water partition coefficient (Wildman–Crippen LogP) is 5.24. The second-order valence-electron chi connectivity index (χ2n) is 7.72. The lowest BCUT2D eigenvalue weighted by atomic mass is 9.98. The van der Waals surface area contributed by atoms with Gasteiger partial charge in [0.1, 0.15) is 0 Å². The number of amides is 1. The molecule has 1 amide bonds. The molecule has 0 bridgehead atoms. The minimum Gasteiger partial charge on any atom is -0.340 e. The number of rotatable bonds is 5. The Kier molecular flexibility index (Phi) is 5.55. The maximum absolute atomic E-state index is 13.3. The van der Waals surface area contributed by atoms with Crippen LogP contribution in [0.25, 0.3) is 10.9 Å². The Bertz CT molecular complexity index is 1240. The van der Waals surface area contributed by atoms with Gasteiger partial charge in [-0.05, 0) is 34.6 Å². The molecule has 0 aliphatic heterocycles. The first kappa shape index (κ1) is 20.1. The Balaban J connectivity index is 1.74. The summed E-state index contributed by atoms with van der Waals surface area (Å²) in [5, 5.41) is 5.93. The van der Waals surface area contributed by atoms with E-state index in [1.54, 1.807) is 23.0 Å². The molecule has 1 unspecified atom stereocenters. The van der Waals surface area contributed by atoms with Crippen molar-refractivity contribution in [3.63, 3.8) is 0 Å². The SMILES string of the molecule is CC(C)c1ccc(C(NC(=O)c2cc(=O)n(C)c3ccccc23)c2cccs2)cc1. The molecule has 5 heteroatoms. The highest BCUT2D eigenvalue weighted by Gasteiger charge is 2.21. The Hall–Kier alpha value is -3.18. The smallest absolute Gasteiger partial charge is 0.252 e. The third-order valence-corrected chi connectivity index (χ3v) is 6.38. The minimum absolute atomic E-state index is 0.201. The fourth-order valence-corrected chi connectivity index (χ4v) is 4.46. The maximum atomic E-state index is 13.3. The zero-order valence-corrected chi connectivity index (χ0v) is 18.1. The topological polar surface area (TPSA) is 51.1 Å². The van der Waals surface area contributed by atoms with Crippen LogP contribution in [0.2, 0.25) is 0 Å². The summed E-state index contributed by atoms with van der Waals surface area (Å²) < 4.78 is 1.56. The number of hydrogen-bond acceptors (Lipinski definition) is 3. The Morgan fingerprint density at radius 2 is 1.67 bits per heavy atom. The molecule has 4 nitrogen and oxygen atoms in total. The zero-order chi connectivity index (χ0) is 21.3. The van der Waals surface area contributed by atoms with Crippen LogP contribution >= 0.6 is 11.3 Å². The molecule has 0 aliphatic rings. The number of aryl methyl sites for hydroxylation is 1. The summed E-state index contributed by atoms with van der Waals surface area (Å²) in [6.07, 6.45) is 0. The zero-order valence-electron chi connectivity index (χ0n) is 17.3. The van der Waals surface area contributed by atoms with E-state index in [1.807, 2.05) is 41.8 Å². The van der Waals surface area contributed by atoms with Crippen molar-refractivity contribution in [1.29, 1.82) is 0 Å². The highest BCUT2D eigenvalue weighted by atomic mass is 32.1. The van der Waals surface area contributed by atoms with Crippen molar-refractivity contribution in [3.8, 4) is 0 Å². The van der Waals surface area contributed by atoms with Crippen LogP contribution in [-0.4, -0.2) is 10.5 Å². The number of pyridine rings is 1. The molecule has 1 N–H and O–H groups in total. The van der Waals surface area contributed by atoms with Gasteiger partial charge < -0.3 is 9.88 Å². The predicted molar refractivity (Wildman–Crippen MR) is 123 cm³/mol. The van der Waals surface area contributed by atoms with Gasteiger partial charge in [-0.1, -0.05) is 62.4 Å². The molecule has 2 heterocycles. The monoisotopic (exact) mass is 416 g/mol. The number of carbonyl (C=O) groups is 1. The van der Waals surface area contributed by atoms with Gasteiger partial charge in [0.05, 0.1) is 17.1 Å². The highest BCUT2D eigenvalue weighted by molar-refractivity contribution is 7.10. The van der Waals surface area contributed by atoms with E-state index in [2.05, 4.69) is 43.4 Å². The molecule has 0 radical (unpaired) electrons. The third kappa shape index (κ3) is 3.81. The number of hydrogen-bond donors (Lipinski definition) is 1. The summed E-state index contributed by atoms with van der Waals surface area (Å²) in [6, 6.07) is 21.0. The minimum atomic E-state index is -0.276. The number of aromatic nitrogens is 1. The van der Waals surface area contributed by atoms with Gasteiger partial charge in [-0.3, -0.25) is 9.59 Å². The molecule has 4 aromatic rings. The largest absolute Gasteiger partial charge is 0.340 e. The van der Waals surface area contributed by atoms with Crippen molar-refractivity contribution >= 4 is 28.1 Å². The third-order valence-electron chi connectivity index (χ3n) is 5.44. The van der Waals surface area contributed by atoms with Crippen LogP contribution in [0.1, 0.15) is 52.2 Å². The Labute approximate surface area is 179 Å². The molecule has 0 saturated heterocycles. The lowest BCUT2D eigenvalue weighted by Crippen LogP contribution is -2.30. The summed E-state index contributed by atoms with van der Waals surface area (Å²) in [5.74, 6) is 0.191. The van der Waals surface area contributed by atoms with Crippen molar-refractivity contribution in [1.82, 2.24) is 9.88 Å². The molecule has 2 aromatic carbocycles. The number of thiophene rings is 1. The average molecular weight is 417 g/mol. The van der Waals surface area contributed by atoms with Gasteiger partial charge in [0.25, 0.3) is 11.5 Å². The second-order valence-corrected chi connectivity index (χ2v) is 8.69. The number of fused-ring (bicyclic) bond motifs is 1. The summed E-state index contributed by atoms with van der Waals surface area (Å²) in [7, 11) is 1.72. The van der Waals surface area contributed by atoms with Crippen LogP contribution in [0, 0.1) is 0 Å². The van der Waals surface area contributed by atoms with Gasteiger partial charge in [-0.15, -0.1) is 11.3 Å². The first-order valence-electron chi connectivity index (χ1n) is 9.98. The average Bonchev–Trinajstić information content (AvgIpc) is 3.29. The van der Waals surface area contributed by atoms with Gasteiger partial charge in [0, 0.05) is 23.4 Å². The molecule has 4 rings (SSSR count). The molecule has 152 valence electrons. The van der Waals surface area contributed by atoms with E-state index in [-0.39, 0.29) is 17.5 Å². The summed E-state index contributed by atoms with van der Waals surface area (Å²) in [5.41, 5.74) is 3.21. The van der Waals surface area contributed by atoms with E-state index < -0.39 is 0 Å². The van der Waals surface area contributed by atoms with Crippen LogP contribution in [0.4, 0.5) is 0 Å². The van der Waals surface area contributed by atoms with Crippen molar-refractivity contribution in [2.24, 2.45) is 7.05 Å². The molecule has 0 spiro atoms. The molecule has 1 atom stereocenters. The van der Waals surface area contributed by atoms with Crippen LogP contribution in [0.15, 0.2) is 76.9 Å². The molecule has 2 aromatic heterocycles. The van der Waals surface area contributed by atoms with Gasteiger partial charge in [-0.25, -0.2) is 0 Å². The van der Waals surface area contributed by atoms with Crippen molar-refractivity contribution in [2.45, 2.75) is 25.8 Å². The van der Waals surface area contributed by atoms with Gasteiger partial charge in [0.15, 0.2) is 0 Å². The van der Waals surface area contributed by atoms with Crippen LogP contribution in [0.5, 0.6) is 0 Å². The van der Waals surface area contributed by atoms with Crippen LogP contribution < -0.4 is 10.9 Å². The van der Waals surface area contributed by atoms with E-state index in [1.165, 1.54) is 11.6 Å². The summed E-state index contributed by atoms with van der Waals surface area (Å²) in [6.45, 7) is 4.32. The first-order valence-corrected chi connectivity index (χ1v) is 10.9. The van der Waals surface area contributed by atoms with Crippen molar-refractivity contribution < 1.29 is 4.79 Å². The lowest BCUT2D eigenvalue weighted by molar-refractivity contribution is 0.0945. The summed E-state index contributed by atoms with van der Waals surface area (Å²) >= 11 is 1.60. The second kappa shape index (κ2) is 8.28. The fraction of sp³-hybridized carbons (Fsp3) is 0.200. The summed E-state index contributed by atoms with van der Waals surface area (Å²) in [4.78, 5) is 26.8. The Morgan fingerprint density at radius 3 is 2.33 bits per heavy atom. The van der Waals surface area contributed by atoms with E-state index in [4.69, 9.17) is 0 Å². The Morgan fingerprint density at radius 1 is 0.967 bits per heavy atom. The van der Waals surface area contributed by atoms with E-state index >= 15 is 0 Å². The highest BCUT2D eigenvalue weighted by Crippen LogP contribution is 2.28. The maximum Gasteiger partial charge on any atom is 0.252 e. The van der Waals surface area contributed by atoms with Crippen LogP contribution in [0.3, 0.4) is 0 Å². The first-order chi connectivity index (χ1) is 14.5. The molecule has 0 saturated carbocycles. The van der Waals surface area contributed by atoms with Crippen LogP contribution in [-0.2, 0) is 7.05 Å². The fourth-order valence-electron chi connectivity index (χ4n) is 3.65. The molecule has 0 aliphatic carbocycles. The van der Waals surface area contributed by atoms with Gasteiger partial charge in [0.2, 0.25) is 0 Å². The van der Waals surface area contributed by atoms with Gasteiger partial charge in [-0.2, -0.15) is 0 Å². The molecule has 30 heavy (non-hydrogen) atoms. The molecule has 0 fully saturated rings. The van der Waals surface area contributed by atoms with E-state index in [0.29, 0.717) is 11.5 Å². The number of nitrogens with one attached hydrogen (secondary N) is 1. The van der Waals surface area contributed by atoms with Gasteiger partial charge >= 0.3 is 0 Å². The molecular weight excluding hydrogens is 392 g/mol. The lowest BCUT2D eigenvalue weighted by Gasteiger charge is -2.20. The number of para-hydroxylation sites is 1. The van der Waals surface area contributed by atoms with Crippen molar-refractivity contribution in [2.75, 3.05) is 0 Å². The number of nitrogens with zero attached hydrogens (tertiary/aromatic N) is 1. The number of benzene rings is 2. The van der Waals surface area contributed by atoms with E-state index in [0.717, 1.165) is 21.3 Å². The normalized spacial score (nSPS) is 12.3. The van der Waals surface area contributed by atoms with Crippen molar-refractivity contribution in [3.05, 3.63) is 104 Å².